The first-order valence-corrected chi connectivity index (χ1v) is 12.5. The van der Waals surface area contributed by atoms with E-state index < -0.39 is 6.09 Å². The molecule has 0 aliphatic carbocycles. The van der Waals surface area contributed by atoms with Gasteiger partial charge >= 0.3 is 6.09 Å². The third-order valence-corrected chi connectivity index (χ3v) is 6.07. The van der Waals surface area contributed by atoms with Gasteiger partial charge in [-0.25, -0.2) is 9.48 Å². The van der Waals surface area contributed by atoms with Gasteiger partial charge in [-0.2, -0.15) is 5.10 Å². The van der Waals surface area contributed by atoms with Crippen molar-refractivity contribution >= 4 is 17.7 Å². The van der Waals surface area contributed by atoms with Gasteiger partial charge in [-0.3, -0.25) is 14.9 Å². The second-order valence-corrected chi connectivity index (χ2v) is 8.59. The maximum atomic E-state index is 12.8. The van der Waals surface area contributed by atoms with Crippen LogP contribution in [0.5, 0.6) is 0 Å². The number of hydrogen-bond acceptors (Lipinski definition) is 6. The molecule has 0 aliphatic rings. The molecule has 0 fully saturated rings. The van der Waals surface area contributed by atoms with Gasteiger partial charge in [0.25, 0.3) is 11.5 Å². The zero-order valence-corrected chi connectivity index (χ0v) is 21.9. The van der Waals surface area contributed by atoms with Crippen LogP contribution in [0.2, 0.25) is 0 Å². The second kappa shape index (κ2) is 13.4. The van der Waals surface area contributed by atoms with Gasteiger partial charge in [-0.1, -0.05) is 38.1 Å². The topological polar surface area (TPSA) is 96.8 Å². The summed E-state index contributed by atoms with van der Waals surface area (Å²) < 4.78 is 6.29. The van der Waals surface area contributed by atoms with Gasteiger partial charge in [0, 0.05) is 43.0 Å². The van der Waals surface area contributed by atoms with E-state index in [0.717, 1.165) is 30.8 Å². The van der Waals surface area contributed by atoms with Crippen LogP contribution in [-0.4, -0.2) is 71.4 Å². The lowest BCUT2D eigenvalue weighted by Crippen LogP contribution is -2.36. The molecule has 2 amide bonds. The van der Waals surface area contributed by atoms with Crippen molar-refractivity contribution in [3.63, 3.8) is 0 Å². The fraction of sp³-hybridized carbons (Fsp3) is 0.357. The van der Waals surface area contributed by atoms with Crippen molar-refractivity contribution in [3.05, 3.63) is 82.1 Å². The monoisotopic (exact) mass is 505 g/mol. The smallest absolute Gasteiger partial charge is 0.411 e. The van der Waals surface area contributed by atoms with Crippen LogP contribution in [0, 0.1) is 0 Å². The lowest BCUT2D eigenvalue weighted by molar-refractivity contribution is 0.0779. The van der Waals surface area contributed by atoms with Crippen LogP contribution in [0.25, 0.3) is 11.3 Å². The molecule has 2 aromatic carbocycles. The number of nitrogens with one attached hydrogen (secondary N) is 1. The average molecular weight is 506 g/mol. The standard InChI is InChI=1S/C28H35N5O4/c1-5-32(6-2)18-17-31(4)27(35)23-13-11-22(12-14-23)25-15-16-26(34)33(30-25)20-21-9-8-10-24(19-21)29-28(36)37-7-3/h8-16,19H,5-7,17-18,20H2,1-4H3,(H,29,36). The summed E-state index contributed by atoms with van der Waals surface area (Å²) in [7, 11) is 1.81. The van der Waals surface area contributed by atoms with E-state index in [-0.39, 0.29) is 24.6 Å². The lowest BCUT2D eigenvalue weighted by atomic mass is 10.1. The van der Waals surface area contributed by atoms with E-state index in [1.54, 1.807) is 48.2 Å². The third kappa shape index (κ3) is 7.75. The summed E-state index contributed by atoms with van der Waals surface area (Å²) in [6.45, 7) is 9.88. The molecule has 3 aromatic rings. The number of amides is 2. The fourth-order valence-corrected chi connectivity index (χ4v) is 3.86. The first-order chi connectivity index (χ1) is 17.8. The Morgan fingerprint density at radius 2 is 1.70 bits per heavy atom. The van der Waals surface area contributed by atoms with Crippen molar-refractivity contribution in [2.24, 2.45) is 0 Å². The SMILES string of the molecule is CCOC(=O)Nc1cccc(Cn2nc(-c3ccc(C(=O)N(C)CCN(CC)CC)cc3)ccc2=O)c1. The highest BCUT2D eigenvalue weighted by Gasteiger charge is 2.13. The lowest BCUT2D eigenvalue weighted by Gasteiger charge is -2.23. The van der Waals surface area contributed by atoms with Crippen molar-refractivity contribution in [1.29, 1.82) is 0 Å². The van der Waals surface area contributed by atoms with E-state index in [2.05, 4.69) is 29.2 Å². The normalized spacial score (nSPS) is 10.8. The molecule has 9 nitrogen and oxygen atoms in total. The van der Waals surface area contributed by atoms with Crippen LogP contribution >= 0.6 is 0 Å². The Morgan fingerprint density at radius 3 is 2.38 bits per heavy atom. The highest BCUT2D eigenvalue weighted by Crippen LogP contribution is 2.18. The molecule has 9 heteroatoms. The van der Waals surface area contributed by atoms with Crippen molar-refractivity contribution in [2.45, 2.75) is 27.3 Å². The maximum absolute atomic E-state index is 12.8. The number of ether oxygens (including phenoxy) is 1. The van der Waals surface area contributed by atoms with Gasteiger partial charge < -0.3 is 14.5 Å². The number of carbonyl (C=O) groups is 2. The zero-order valence-electron chi connectivity index (χ0n) is 21.9. The number of hydrogen-bond donors (Lipinski definition) is 1. The molecule has 0 spiro atoms. The first kappa shape index (κ1) is 27.6. The van der Waals surface area contributed by atoms with Crippen LogP contribution in [0.1, 0.15) is 36.7 Å². The summed E-state index contributed by atoms with van der Waals surface area (Å²) in [5, 5.41) is 7.19. The highest BCUT2D eigenvalue weighted by atomic mass is 16.5. The minimum absolute atomic E-state index is 0.0343. The number of likely N-dealkylation sites (N-methyl/N-ethyl adjacent to an activating group) is 2. The molecule has 0 atom stereocenters. The number of aromatic nitrogens is 2. The first-order valence-electron chi connectivity index (χ1n) is 12.5. The van der Waals surface area contributed by atoms with Crippen molar-refractivity contribution in [2.75, 3.05) is 45.2 Å². The van der Waals surface area contributed by atoms with E-state index in [1.165, 1.54) is 10.7 Å². The molecule has 196 valence electrons. The summed E-state index contributed by atoms with van der Waals surface area (Å²) in [4.78, 5) is 41.0. The Bertz CT molecular complexity index is 1250. The number of nitrogens with zero attached hydrogens (tertiary/aromatic N) is 4. The van der Waals surface area contributed by atoms with Gasteiger partial charge in [0.2, 0.25) is 0 Å². The van der Waals surface area contributed by atoms with E-state index in [9.17, 15) is 14.4 Å². The fourth-order valence-electron chi connectivity index (χ4n) is 3.86. The van der Waals surface area contributed by atoms with Gasteiger partial charge in [0.1, 0.15) is 0 Å². The molecular weight excluding hydrogens is 470 g/mol. The Balaban J connectivity index is 1.71. The number of benzene rings is 2. The highest BCUT2D eigenvalue weighted by molar-refractivity contribution is 5.94. The molecule has 0 saturated carbocycles. The Morgan fingerprint density at radius 1 is 0.973 bits per heavy atom. The molecule has 0 radical (unpaired) electrons. The molecule has 1 heterocycles. The van der Waals surface area contributed by atoms with Crippen LogP contribution in [-0.2, 0) is 11.3 Å². The van der Waals surface area contributed by atoms with Crippen LogP contribution in [0.3, 0.4) is 0 Å². The quantitative estimate of drug-likeness (QED) is 0.424. The van der Waals surface area contributed by atoms with Crippen LogP contribution < -0.4 is 10.9 Å². The van der Waals surface area contributed by atoms with E-state index in [0.29, 0.717) is 23.5 Å². The minimum Gasteiger partial charge on any atom is -0.450 e. The van der Waals surface area contributed by atoms with Gasteiger partial charge in [-0.05, 0) is 55.9 Å². The number of carbonyl (C=O) groups excluding carboxylic acids is 2. The Kier molecular flexibility index (Phi) is 9.97. The zero-order chi connectivity index (χ0) is 26.8. The van der Waals surface area contributed by atoms with E-state index in [1.807, 2.05) is 25.2 Å². The Hall–Kier alpha value is -3.98. The van der Waals surface area contributed by atoms with E-state index in [4.69, 9.17) is 4.74 Å². The Labute approximate surface area is 217 Å². The number of rotatable bonds is 11. The maximum Gasteiger partial charge on any atom is 0.411 e. The van der Waals surface area contributed by atoms with Crippen molar-refractivity contribution in [3.8, 4) is 11.3 Å². The predicted octanol–water partition coefficient (Wildman–Crippen LogP) is 3.94. The van der Waals surface area contributed by atoms with Crippen LogP contribution in [0.4, 0.5) is 10.5 Å². The molecule has 37 heavy (non-hydrogen) atoms. The van der Waals surface area contributed by atoms with Crippen molar-refractivity contribution < 1.29 is 14.3 Å². The molecule has 1 aromatic heterocycles. The average Bonchev–Trinajstić information content (AvgIpc) is 2.90. The molecule has 0 unspecified atom stereocenters. The summed E-state index contributed by atoms with van der Waals surface area (Å²) in [5.41, 5.74) is 3.15. The second-order valence-electron chi connectivity index (χ2n) is 8.59. The van der Waals surface area contributed by atoms with Gasteiger partial charge in [0.15, 0.2) is 0 Å². The van der Waals surface area contributed by atoms with Crippen LogP contribution in [0.15, 0.2) is 65.5 Å². The molecular formula is C28H35N5O4. The predicted molar refractivity (Wildman–Crippen MR) is 145 cm³/mol. The summed E-state index contributed by atoms with van der Waals surface area (Å²) in [6.07, 6.45) is -0.533. The van der Waals surface area contributed by atoms with Crippen molar-refractivity contribution in [1.82, 2.24) is 19.6 Å². The summed E-state index contributed by atoms with van der Waals surface area (Å²) >= 11 is 0. The summed E-state index contributed by atoms with van der Waals surface area (Å²) in [5.74, 6) is -0.0343. The number of anilines is 1. The molecule has 0 bridgehead atoms. The largest absolute Gasteiger partial charge is 0.450 e. The third-order valence-electron chi connectivity index (χ3n) is 6.07. The molecule has 1 N–H and O–H groups in total. The molecule has 0 saturated heterocycles. The molecule has 0 aliphatic heterocycles. The molecule has 3 rings (SSSR count). The van der Waals surface area contributed by atoms with Gasteiger partial charge in [0.05, 0.1) is 18.8 Å². The van der Waals surface area contributed by atoms with Gasteiger partial charge in [-0.15, -0.1) is 0 Å². The van der Waals surface area contributed by atoms with E-state index >= 15 is 0 Å². The summed E-state index contributed by atoms with van der Waals surface area (Å²) in [6, 6.07) is 17.6. The minimum atomic E-state index is -0.533.